The molecule has 0 fully saturated rings. The van der Waals surface area contributed by atoms with Crippen LogP contribution in [0.2, 0.25) is 5.02 Å². The molecule has 0 aliphatic carbocycles. The molecule has 0 aliphatic heterocycles. The maximum absolute atomic E-state index is 13.5. The smallest absolute Gasteiger partial charge is 0.191 e. The first kappa shape index (κ1) is 18.7. The molecule has 2 aromatic carbocycles. The van der Waals surface area contributed by atoms with Crippen LogP contribution in [0.5, 0.6) is 0 Å². The number of nitrogens with one attached hydrogen (secondary N) is 2. The van der Waals surface area contributed by atoms with Crippen molar-refractivity contribution in [3.8, 4) is 0 Å². The van der Waals surface area contributed by atoms with Crippen molar-refractivity contribution in [3.05, 3.63) is 70.5 Å². The number of benzene rings is 2. The van der Waals surface area contributed by atoms with E-state index < -0.39 is 0 Å². The Labute approximate surface area is 152 Å². The van der Waals surface area contributed by atoms with Crippen molar-refractivity contribution in [3.63, 3.8) is 0 Å². The molecule has 0 radical (unpaired) electrons. The quantitative estimate of drug-likeness (QED) is 0.435. The van der Waals surface area contributed by atoms with Crippen LogP contribution in [-0.4, -0.2) is 13.0 Å². The molecule has 0 unspecified atom stereocenters. The summed E-state index contributed by atoms with van der Waals surface area (Å²) in [4.78, 5) is 4.11. The fourth-order valence-corrected chi connectivity index (χ4v) is 2.09. The van der Waals surface area contributed by atoms with Gasteiger partial charge in [-0.15, -0.1) is 24.0 Å². The second kappa shape index (κ2) is 9.63. The highest BCUT2D eigenvalue weighted by Crippen LogP contribution is 2.10. The van der Waals surface area contributed by atoms with Crippen molar-refractivity contribution in [1.29, 1.82) is 0 Å². The number of guanidine groups is 1. The number of nitrogens with zero attached hydrogens (tertiary/aromatic N) is 1. The Hall–Kier alpha value is -1.34. The Morgan fingerprint density at radius 3 is 2.50 bits per heavy atom. The second-order valence-corrected chi connectivity index (χ2v) is 4.94. The van der Waals surface area contributed by atoms with Gasteiger partial charge in [-0.05, 0) is 23.8 Å². The molecular weight excluding hydrogens is 416 g/mol. The maximum Gasteiger partial charge on any atom is 0.191 e. The van der Waals surface area contributed by atoms with Gasteiger partial charge in [0, 0.05) is 30.7 Å². The maximum atomic E-state index is 13.5. The molecule has 3 nitrogen and oxygen atoms in total. The number of hydrogen-bond acceptors (Lipinski definition) is 1. The van der Waals surface area contributed by atoms with Gasteiger partial charge in [0.1, 0.15) is 5.82 Å². The lowest BCUT2D eigenvalue weighted by atomic mass is 10.2. The van der Waals surface area contributed by atoms with E-state index in [1.807, 2.05) is 30.3 Å². The van der Waals surface area contributed by atoms with Crippen molar-refractivity contribution in [2.75, 3.05) is 7.05 Å². The SMILES string of the molecule is CN=C(NCc1cccc(Cl)c1)NCc1ccccc1F.I. The average molecular weight is 434 g/mol. The number of aliphatic imine (C=N–C) groups is 1. The lowest BCUT2D eigenvalue weighted by Crippen LogP contribution is -2.36. The molecular formula is C16H18ClFIN3. The zero-order chi connectivity index (χ0) is 15.1. The number of rotatable bonds is 4. The third-order valence-electron chi connectivity index (χ3n) is 2.98. The van der Waals surface area contributed by atoms with Crippen molar-refractivity contribution < 1.29 is 4.39 Å². The van der Waals surface area contributed by atoms with Gasteiger partial charge >= 0.3 is 0 Å². The molecule has 0 atom stereocenters. The highest BCUT2D eigenvalue weighted by atomic mass is 127. The topological polar surface area (TPSA) is 36.4 Å². The lowest BCUT2D eigenvalue weighted by Gasteiger charge is -2.12. The molecule has 2 N–H and O–H groups in total. The summed E-state index contributed by atoms with van der Waals surface area (Å²) in [6.07, 6.45) is 0. The van der Waals surface area contributed by atoms with E-state index in [4.69, 9.17) is 11.6 Å². The molecule has 22 heavy (non-hydrogen) atoms. The van der Waals surface area contributed by atoms with Crippen molar-refractivity contribution >= 4 is 41.5 Å². The van der Waals surface area contributed by atoms with Crippen molar-refractivity contribution in [2.24, 2.45) is 4.99 Å². The standard InChI is InChI=1S/C16H17ClFN3.HI/c1-19-16(20-10-12-5-4-7-14(17)9-12)21-11-13-6-2-3-8-15(13)18;/h2-9H,10-11H2,1H3,(H2,19,20,21);1H. The molecule has 0 saturated carbocycles. The van der Waals surface area contributed by atoms with E-state index in [2.05, 4.69) is 15.6 Å². The molecule has 0 spiro atoms. The minimum atomic E-state index is -0.227. The van der Waals surface area contributed by atoms with Crippen LogP contribution in [0.3, 0.4) is 0 Å². The fourth-order valence-electron chi connectivity index (χ4n) is 1.87. The van der Waals surface area contributed by atoms with Crippen molar-refractivity contribution in [2.45, 2.75) is 13.1 Å². The zero-order valence-electron chi connectivity index (χ0n) is 12.1. The number of hydrogen-bond donors (Lipinski definition) is 2. The van der Waals surface area contributed by atoms with Gasteiger partial charge in [-0.1, -0.05) is 41.9 Å². The van der Waals surface area contributed by atoms with E-state index in [0.29, 0.717) is 29.6 Å². The van der Waals surface area contributed by atoms with E-state index in [0.717, 1.165) is 5.56 Å². The third kappa shape index (κ3) is 5.81. The Kier molecular flexibility index (Phi) is 8.19. The molecule has 2 aromatic rings. The van der Waals surface area contributed by atoms with Crippen LogP contribution < -0.4 is 10.6 Å². The first-order chi connectivity index (χ1) is 10.2. The van der Waals surface area contributed by atoms with Crippen LogP contribution in [0.15, 0.2) is 53.5 Å². The predicted octanol–water partition coefficient (Wildman–Crippen LogP) is 3.96. The normalized spacial score (nSPS) is 10.8. The molecule has 118 valence electrons. The number of halogens is 3. The molecule has 0 amide bonds. The van der Waals surface area contributed by atoms with Crippen LogP contribution in [0, 0.1) is 5.82 Å². The highest BCUT2D eigenvalue weighted by Gasteiger charge is 2.03. The largest absolute Gasteiger partial charge is 0.352 e. The first-order valence-corrected chi connectivity index (χ1v) is 6.99. The summed E-state index contributed by atoms with van der Waals surface area (Å²) in [5.74, 6) is 0.383. The predicted molar refractivity (Wildman–Crippen MR) is 100 cm³/mol. The summed E-state index contributed by atoms with van der Waals surface area (Å²) >= 11 is 5.94. The summed E-state index contributed by atoms with van der Waals surface area (Å²) in [5.41, 5.74) is 1.65. The van der Waals surface area contributed by atoms with Gasteiger partial charge in [-0.25, -0.2) is 4.39 Å². The van der Waals surface area contributed by atoms with E-state index in [1.165, 1.54) is 6.07 Å². The van der Waals surface area contributed by atoms with Gasteiger partial charge in [-0.3, -0.25) is 4.99 Å². The molecule has 0 aliphatic rings. The summed E-state index contributed by atoms with van der Waals surface area (Å²) in [5, 5.41) is 6.94. The highest BCUT2D eigenvalue weighted by molar-refractivity contribution is 14.0. The Morgan fingerprint density at radius 2 is 1.82 bits per heavy atom. The Bertz CT molecular complexity index is 634. The summed E-state index contributed by atoms with van der Waals surface area (Å²) < 4.78 is 13.5. The Morgan fingerprint density at radius 1 is 1.09 bits per heavy atom. The summed E-state index contributed by atoms with van der Waals surface area (Å²) in [6.45, 7) is 0.972. The average Bonchev–Trinajstić information content (AvgIpc) is 2.49. The van der Waals surface area contributed by atoms with Crippen LogP contribution >= 0.6 is 35.6 Å². The van der Waals surface area contributed by atoms with Crippen LogP contribution in [0.4, 0.5) is 4.39 Å². The molecule has 0 heterocycles. The van der Waals surface area contributed by atoms with Gasteiger partial charge in [0.15, 0.2) is 5.96 Å². The van der Waals surface area contributed by atoms with Gasteiger partial charge < -0.3 is 10.6 Å². The molecule has 0 saturated heterocycles. The Balaban J connectivity index is 0.00000242. The van der Waals surface area contributed by atoms with E-state index in [-0.39, 0.29) is 29.8 Å². The third-order valence-corrected chi connectivity index (χ3v) is 3.21. The minimum absolute atomic E-state index is 0. The van der Waals surface area contributed by atoms with E-state index in [1.54, 1.807) is 19.2 Å². The van der Waals surface area contributed by atoms with Gasteiger partial charge in [0.05, 0.1) is 0 Å². The van der Waals surface area contributed by atoms with Gasteiger partial charge in [0.2, 0.25) is 0 Å². The lowest BCUT2D eigenvalue weighted by molar-refractivity contribution is 0.604. The van der Waals surface area contributed by atoms with Crippen LogP contribution in [0.1, 0.15) is 11.1 Å². The molecule has 6 heteroatoms. The molecule has 0 bridgehead atoms. The van der Waals surface area contributed by atoms with E-state index in [9.17, 15) is 4.39 Å². The summed E-state index contributed by atoms with van der Waals surface area (Å²) in [7, 11) is 1.68. The van der Waals surface area contributed by atoms with Crippen LogP contribution in [0.25, 0.3) is 0 Å². The monoisotopic (exact) mass is 433 g/mol. The van der Waals surface area contributed by atoms with E-state index >= 15 is 0 Å². The second-order valence-electron chi connectivity index (χ2n) is 4.50. The first-order valence-electron chi connectivity index (χ1n) is 6.61. The minimum Gasteiger partial charge on any atom is -0.352 e. The molecule has 2 rings (SSSR count). The van der Waals surface area contributed by atoms with Crippen molar-refractivity contribution in [1.82, 2.24) is 10.6 Å². The fraction of sp³-hybridized carbons (Fsp3) is 0.188. The molecule has 0 aromatic heterocycles. The zero-order valence-corrected chi connectivity index (χ0v) is 15.2. The van der Waals surface area contributed by atoms with Gasteiger partial charge in [0.25, 0.3) is 0 Å². The van der Waals surface area contributed by atoms with Crippen LogP contribution in [-0.2, 0) is 13.1 Å². The summed E-state index contributed by atoms with van der Waals surface area (Å²) in [6, 6.07) is 14.3. The van der Waals surface area contributed by atoms with Gasteiger partial charge in [-0.2, -0.15) is 0 Å².